The van der Waals surface area contributed by atoms with Crippen LogP contribution in [0.4, 0.5) is 10.3 Å². The number of carboxylic acids is 1. The predicted octanol–water partition coefficient (Wildman–Crippen LogP) is 0.968. The Balaban J connectivity index is 1.84. The average Bonchev–Trinajstić information content (AvgIpc) is 3.07. The highest BCUT2D eigenvalue weighted by molar-refractivity contribution is 5.96. The Morgan fingerprint density at radius 2 is 1.97 bits per heavy atom. The summed E-state index contributed by atoms with van der Waals surface area (Å²) in [6.45, 7) is 0.334. The lowest BCUT2D eigenvalue weighted by atomic mass is 10.0. The van der Waals surface area contributed by atoms with E-state index in [9.17, 15) is 23.9 Å². The molecule has 4 rings (SSSR count). The Bertz CT molecular complexity index is 1190. The number of carbonyl (C=O) groups is 2. The molecule has 11 heteroatoms. The predicted molar refractivity (Wildman–Crippen MR) is 104 cm³/mol. The lowest BCUT2D eigenvalue weighted by Crippen LogP contribution is -2.48. The zero-order chi connectivity index (χ0) is 21.4. The molecule has 10 nitrogen and oxygen atoms in total. The van der Waals surface area contributed by atoms with E-state index in [1.165, 1.54) is 33.7 Å². The molecular weight excluding hydrogens is 395 g/mol. The van der Waals surface area contributed by atoms with E-state index >= 15 is 0 Å². The van der Waals surface area contributed by atoms with Crippen LogP contribution < -0.4 is 11.3 Å². The fourth-order valence-corrected chi connectivity index (χ4v) is 3.67. The Morgan fingerprint density at radius 3 is 2.67 bits per heavy atom. The van der Waals surface area contributed by atoms with Crippen molar-refractivity contribution in [3.8, 4) is 0 Å². The molecule has 1 amide bonds. The molecule has 0 bridgehead atoms. The molecule has 1 unspecified atom stereocenters. The molecule has 0 saturated carbocycles. The summed E-state index contributed by atoms with van der Waals surface area (Å²) in [4.78, 5) is 49.1. The third-order valence-corrected chi connectivity index (χ3v) is 5.12. The van der Waals surface area contributed by atoms with Crippen LogP contribution in [0.25, 0.3) is 11.2 Å². The number of nitrogens with one attached hydrogen (secondary N) is 1. The van der Waals surface area contributed by atoms with Crippen molar-refractivity contribution >= 4 is 29.0 Å². The fourth-order valence-electron chi connectivity index (χ4n) is 3.67. The highest BCUT2D eigenvalue weighted by Gasteiger charge is 2.35. The van der Waals surface area contributed by atoms with Gasteiger partial charge in [-0.3, -0.25) is 19.1 Å². The zero-order valence-electron chi connectivity index (χ0n) is 15.8. The number of nitrogens with zero attached hydrogens (tertiary/aromatic N) is 4. The van der Waals surface area contributed by atoms with Crippen LogP contribution >= 0.6 is 0 Å². The first-order valence-corrected chi connectivity index (χ1v) is 9.39. The number of nitrogens with two attached hydrogens (primary N) is 1. The molecule has 156 valence electrons. The molecule has 1 aromatic carbocycles. The molecule has 0 aliphatic carbocycles. The number of piperidine rings is 1. The molecule has 1 aliphatic heterocycles. The number of carboxylic acid groups (broad SMARTS) is 1. The topological polar surface area (TPSA) is 147 Å². The van der Waals surface area contributed by atoms with Crippen molar-refractivity contribution in [1.29, 1.82) is 0 Å². The molecule has 3 heterocycles. The van der Waals surface area contributed by atoms with E-state index in [-0.39, 0.29) is 36.0 Å². The molecule has 30 heavy (non-hydrogen) atoms. The number of nitrogen functional groups attached to an aromatic ring is 1. The lowest BCUT2D eigenvalue weighted by Gasteiger charge is -2.32. The Hall–Kier alpha value is -3.76. The van der Waals surface area contributed by atoms with Crippen LogP contribution in [0.15, 0.2) is 29.1 Å². The second-order valence-corrected chi connectivity index (χ2v) is 7.12. The summed E-state index contributed by atoms with van der Waals surface area (Å²) in [5.74, 6) is -2.38. The third-order valence-electron chi connectivity index (χ3n) is 5.12. The maximum atomic E-state index is 13.3. The number of hydrogen-bond acceptors (Lipinski definition) is 6. The lowest BCUT2D eigenvalue weighted by molar-refractivity contribution is -0.143. The van der Waals surface area contributed by atoms with Crippen molar-refractivity contribution in [1.82, 2.24) is 24.4 Å². The average molecular weight is 414 g/mol. The van der Waals surface area contributed by atoms with Crippen LogP contribution in [0.1, 0.15) is 35.4 Å². The van der Waals surface area contributed by atoms with Crippen molar-refractivity contribution in [3.63, 3.8) is 0 Å². The number of halogens is 1. The summed E-state index contributed by atoms with van der Waals surface area (Å²) in [6, 6.07) is 4.65. The van der Waals surface area contributed by atoms with E-state index in [2.05, 4.69) is 15.0 Å². The number of amides is 1. The van der Waals surface area contributed by atoms with Gasteiger partial charge in [0.2, 0.25) is 11.8 Å². The fraction of sp³-hybridized carbons (Fsp3) is 0.316. The van der Waals surface area contributed by atoms with E-state index < -0.39 is 29.3 Å². The van der Waals surface area contributed by atoms with Crippen LogP contribution in [0, 0.1) is 5.82 Å². The molecule has 2 aromatic heterocycles. The molecule has 1 aliphatic rings. The summed E-state index contributed by atoms with van der Waals surface area (Å²) in [5.41, 5.74) is 5.70. The van der Waals surface area contributed by atoms with Gasteiger partial charge in [0.25, 0.3) is 11.5 Å². The van der Waals surface area contributed by atoms with E-state index in [4.69, 9.17) is 5.73 Å². The standard InChI is InChI=1S/C19H19FN6O4/c20-11-6-4-10(5-7-11)9-26-14-13(16(27)24-19(21)23-14)22-15(26)17(28)25-8-2-1-3-12(25)18(29)30/h4-7,12H,1-3,8-9H2,(H,29,30)(H3,21,23,24,27). The van der Waals surface area contributed by atoms with Gasteiger partial charge in [0.05, 0.1) is 6.54 Å². The molecule has 1 atom stereocenters. The number of imidazole rings is 1. The quantitative estimate of drug-likeness (QED) is 0.576. The maximum absolute atomic E-state index is 13.3. The number of aliphatic carboxylic acids is 1. The second kappa shape index (κ2) is 7.58. The van der Waals surface area contributed by atoms with Crippen molar-refractivity contribution < 1.29 is 19.1 Å². The molecule has 1 fully saturated rings. The molecule has 0 radical (unpaired) electrons. The number of anilines is 1. The zero-order valence-corrected chi connectivity index (χ0v) is 15.8. The van der Waals surface area contributed by atoms with Gasteiger partial charge >= 0.3 is 5.97 Å². The van der Waals surface area contributed by atoms with Gasteiger partial charge in [-0.1, -0.05) is 12.1 Å². The highest BCUT2D eigenvalue weighted by Crippen LogP contribution is 2.22. The first-order chi connectivity index (χ1) is 14.3. The Morgan fingerprint density at radius 1 is 1.23 bits per heavy atom. The minimum absolute atomic E-state index is 0.0688. The minimum Gasteiger partial charge on any atom is -0.480 e. The van der Waals surface area contributed by atoms with Gasteiger partial charge in [0, 0.05) is 6.54 Å². The van der Waals surface area contributed by atoms with Gasteiger partial charge in [0.1, 0.15) is 11.9 Å². The monoisotopic (exact) mass is 414 g/mol. The number of benzene rings is 1. The van der Waals surface area contributed by atoms with E-state index in [1.54, 1.807) is 0 Å². The van der Waals surface area contributed by atoms with Crippen molar-refractivity contribution in [2.45, 2.75) is 31.8 Å². The summed E-state index contributed by atoms with van der Waals surface area (Å²) in [5, 5.41) is 9.51. The second-order valence-electron chi connectivity index (χ2n) is 7.12. The number of likely N-dealkylation sites (tertiary alicyclic amines) is 1. The summed E-state index contributed by atoms with van der Waals surface area (Å²) in [6.07, 6.45) is 1.70. The first kappa shape index (κ1) is 19.6. The van der Waals surface area contributed by atoms with Gasteiger partial charge in [-0.15, -0.1) is 0 Å². The van der Waals surface area contributed by atoms with E-state index in [1.807, 2.05) is 0 Å². The number of rotatable bonds is 4. The van der Waals surface area contributed by atoms with E-state index in [0.29, 0.717) is 24.8 Å². The van der Waals surface area contributed by atoms with Gasteiger partial charge in [-0.05, 0) is 37.0 Å². The summed E-state index contributed by atoms with van der Waals surface area (Å²) < 4.78 is 14.7. The molecule has 1 saturated heterocycles. The van der Waals surface area contributed by atoms with Crippen LogP contribution in [0.5, 0.6) is 0 Å². The number of carbonyl (C=O) groups excluding carboxylic acids is 1. The number of fused-ring (bicyclic) bond motifs is 1. The Kier molecular flexibility index (Phi) is 4.94. The molecular formula is C19H19FN6O4. The normalized spacial score (nSPS) is 16.7. The van der Waals surface area contributed by atoms with Crippen LogP contribution in [0.2, 0.25) is 0 Å². The maximum Gasteiger partial charge on any atom is 0.326 e. The SMILES string of the molecule is Nc1nc2c(nc(C(=O)N3CCCCC3C(=O)O)n2Cc2ccc(F)cc2)c(=O)[nH]1. The molecule has 0 spiro atoms. The van der Waals surface area contributed by atoms with Crippen molar-refractivity contribution in [2.75, 3.05) is 12.3 Å². The summed E-state index contributed by atoms with van der Waals surface area (Å²) in [7, 11) is 0. The third kappa shape index (κ3) is 3.49. The van der Waals surface area contributed by atoms with Gasteiger partial charge in [0.15, 0.2) is 11.2 Å². The number of H-pyrrole nitrogens is 1. The smallest absolute Gasteiger partial charge is 0.326 e. The molecule has 4 N–H and O–H groups in total. The number of aromatic nitrogens is 4. The van der Waals surface area contributed by atoms with Crippen molar-refractivity contribution in [3.05, 3.63) is 51.8 Å². The van der Waals surface area contributed by atoms with Crippen LogP contribution in [-0.4, -0.2) is 54.0 Å². The molecule has 3 aromatic rings. The number of aromatic amines is 1. The van der Waals surface area contributed by atoms with Crippen molar-refractivity contribution in [2.24, 2.45) is 0 Å². The van der Waals surface area contributed by atoms with Gasteiger partial charge < -0.3 is 15.7 Å². The summed E-state index contributed by atoms with van der Waals surface area (Å²) >= 11 is 0. The van der Waals surface area contributed by atoms with Crippen LogP contribution in [0.3, 0.4) is 0 Å². The van der Waals surface area contributed by atoms with Gasteiger partial charge in [-0.25, -0.2) is 14.2 Å². The Labute approximate surface area is 169 Å². The number of hydrogen-bond donors (Lipinski definition) is 3. The van der Waals surface area contributed by atoms with Gasteiger partial charge in [-0.2, -0.15) is 4.98 Å². The highest BCUT2D eigenvalue weighted by atomic mass is 19.1. The van der Waals surface area contributed by atoms with Crippen LogP contribution in [-0.2, 0) is 11.3 Å². The minimum atomic E-state index is -1.09. The van der Waals surface area contributed by atoms with E-state index in [0.717, 1.165) is 0 Å². The first-order valence-electron chi connectivity index (χ1n) is 9.39. The largest absolute Gasteiger partial charge is 0.480 e.